The van der Waals surface area contributed by atoms with Crippen molar-refractivity contribution in [1.82, 2.24) is 14.5 Å². The van der Waals surface area contributed by atoms with Crippen LogP contribution in [0.3, 0.4) is 0 Å². The number of carbonyl (C=O) groups excluding carboxylic acids is 2. The van der Waals surface area contributed by atoms with Crippen molar-refractivity contribution in [1.29, 1.82) is 0 Å². The lowest BCUT2D eigenvalue weighted by atomic mass is 9.95. The molecule has 2 aromatic carbocycles. The van der Waals surface area contributed by atoms with Crippen LogP contribution in [0.15, 0.2) is 72.1 Å². The van der Waals surface area contributed by atoms with E-state index in [0.29, 0.717) is 24.9 Å². The van der Waals surface area contributed by atoms with E-state index < -0.39 is 10.0 Å². The van der Waals surface area contributed by atoms with Crippen molar-refractivity contribution >= 4 is 21.8 Å². The number of piperidine rings is 1. The maximum atomic E-state index is 13.4. The Labute approximate surface area is 202 Å². The summed E-state index contributed by atoms with van der Waals surface area (Å²) in [6.45, 7) is 7.73. The molecule has 34 heavy (non-hydrogen) atoms. The number of hydrogen-bond acceptors (Lipinski definition) is 4. The van der Waals surface area contributed by atoms with Gasteiger partial charge in [-0.05, 0) is 69.0 Å². The predicted molar refractivity (Wildman–Crippen MR) is 133 cm³/mol. The standard InChI is InChI=1S/C26H33N3O4S/c1-5-25(30)27-23-17-19(2)29(20(3)18-23)34(32,33)24-13-11-22(12-14-24)26(31)28(4)16-15-21-9-7-6-8-10-21/h5-14,19-20,23H,1,15-18H2,2-4H3,(H,27,30). The molecule has 0 saturated carbocycles. The van der Waals surface area contributed by atoms with E-state index in [1.165, 1.54) is 22.5 Å². The molecule has 8 heteroatoms. The van der Waals surface area contributed by atoms with Gasteiger partial charge in [0.25, 0.3) is 5.91 Å². The minimum absolute atomic E-state index is 0.103. The number of likely N-dealkylation sites (N-methyl/N-ethyl adjacent to an activating group) is 1. The van der Waals surface area contributed by atoms with Crippen LogP contribution in [-0.2, 0) is 21.2 Å². The van der Waals surface area contributed by atoms with Gasteiger partial charge < -0.3 is 10.2 Å². The van der Waals surface area contributed by atoms with Crippen molar-refractivity contribution < 1.29 is 18.0 Å². The number of rotatable bonds is 8. The smallest absolute Gasteiger partial charge is 0.253 e. The first kappa shape index (κ1) is 25.6. The molecule has 0 radical (unpaired) electrons. The molecule has 2 atom stereocenters. The summed E-state index contributed by atoms with van der Waals surface area (Å²) in [6.07, 6.45) is 3.01. The molecule has 2 amide bonds. The molecule has 0 spiro atoms. The zero-order valence-corrected chi connectivity index (χ0v) is 20.8. The first-order chi connectivity index (χ1) is 16.1. The van der Waals surface area contributed by atoms with Gasteiger partial charge in [0, 0.05) is 37.3 Å². The monoisotopic (exact) mass is 483 g/mol. The van der Waals surface area contributed by atoms with E-state index in [2.05, 4.69) is 11.9 Å². The third-order valence-electron chi connectivity index (χ3n) is 6.25. The number of nitrogens with one attached hydrogen (secondary N) is 1. The molecule has 0 bridgehead atoms. The van der Waals surface area contributed by atoms with Gasteiger partial charge in [0.15, 0.2) is 0 Å². The fourth-order valence-electron chi connectivity index (χ4n) is 4.57. The van der Waals surface area contributed by atoms with Crippen LogP contribution in [0.4, 0.5) is 0 Å². The molecule has 1 N–H and O–H groups in total. The highest BCUT2D eigenvalue weighted by Crippen LogP contribution is 2.30. The largest absolute Gasteiger partial charge is 0.350 e. The molecule has 7 nitrogen and oxygen atoms in total. The summed E-state index contributed by atoms with van der Waals surface area (Å²) in [5.41, 5.74) is 1.60. The fraction of sp³-hybridized carbons (Fsp3) is 0.385. The van der Waals surface area contributed by atoms with Gasteiger partial charge in [-0.25, -0.2) is 8.42 Å². The van der Waals surface area contributed by atoms with E-state index in [4.69, 9.17) is 0 Å². The number of nitrogens with zero attached hydrogens (tertiary/aromatic N) is 2. The molecular formula is C26H33N3O4S. The van der Waals surface area contributed by atoms with Crippen LogP contribution in [0.2, 0.25) is 0 Å². The minimum Gasteiger partial charge on any atom is -0.350 e. The van der Waals surface area contributed by atoms with Crippen molar-refractivity contribution in [2.24, 2.45) is 0 Å². The Hall–Kier alpha value is -2.97. The van der Waals surface area contributed by atoms with Crippen molar-refractivity contribution in [3.63, 3.8) is 0 Å². The molecule has 2 aromatic rings. The second kappa shape index (κ2) is 11.0. The summed E-state index contributed by atoms with van der Waals surface area (Å²) in [7, 11) is -2.01. The van der Waals surface area contributed by atoms with E-state index in [1.807, 2.05) is 44.2 Å². The Morgan fingerprint density at radius 2 is 1.65 bits per heavy atom. The van der Waals surface area contributed by atoms with Gasteiger partial charge >= 0.3 is 0 Å². The molecule has 1 aliphatic rings. The maximum Gasteiger partial charge on any atom is 0.253 e. The Morgan fingerprint density at radius 3 is 2.21 bits per heavy atom. The van der Waals surface area contributed by atoms with Gasteiger partial charge in [-0.2, -0.15) is 4.31 Å². The van der Waals surface area contributed by atoms with Crippen molar-refractivity contribution in [3.05, 3.63) is 78.4 Å². The van der Waals surface area contributed by atoms with Gasteiger partial charge in [-0.1, -0.05) is 36.9 Å². The Morgan fingerprint density at radius 1 is 1.06 bits per heavy atom. The van der Waals surface area contributed by atoms with Crippen LogP contribution in [0.25, 0.3) is 0 Å². The quantitative estimate of drug-likeness (QED) is 0.584. The molecular weight excluding hydrogens is 450 g/mol. The first-order valence-electron chi connectivity index (χ1n) is 11.5. The van der Waals surface area contributed by atoms with E-state index in [0.717, 1.165) is 12.0 Å². The third kappa shape index (κ3) is 5.93. The topological polar surface area (TPSA) is 86.8 Å². The summed E-state index contributed by atoms with van der Waals surface area (Å²) >= 11 is 0. The molecule has 1 aliphatic heterocycles. The molecule has 1 fully saturated rings. The molecule has 3 rings (SSSR count). The van der Waals surface area contributed by atoms with Crippen molar-refractivity contribution in [2.75, 3.05) is 13.6 Å². The van der Waals surface area contributed by atoms with Gasteiger partial charge in [0.1, 0.15) is 0 Å². The van der Waals surface area contributed by atoms with E-state index >= 15 is 0 Å². The molecule has 1 saturated heterocycles. The second-order valence-electron chi connectivity index (χ2n) is 8.90. The van der Waals surface area contributed by atoms with Crippen molar-refractivity contribution in [2.45, 2.75) is 56.1 Å². The zero-order valence-electron chi connectivity index (χ0n) is 20.0. The Balaban J connectivity index is 1.67. The summed E-state index contributed by atoms with van der Waals surface area (Å²) in [4.78, 5) is 26.3. The summed E-state index contributed by atoms with van der Waals surface area (Å²) in [6, 6.07) is 15.4. The van der Waals surface area contributed by atoms with E-state index in [1.54, 1.807) is 24.1 Å². The van der Waals surface area contributed by atoms with Gasteiger partial charge in [-0.15, -0.1) is 0 Å². The van der Waals surface area contributed by atoms with Crippen LogP contribution in [0.1, 0.15) is 42.6 Å². The number of amides is 2. The first-order valence-corrected chi connectivity index (χ1v) is 12.9. The summed E-state index contributed by atoms with van der Waals surface area (Å²) in [5.74, 6) is -0.407. The van der Waals surface area contributed by atoms with Gasteiger partial charge in [0.2, 0.25) is 15.9 Å². The highest BCUT2D eigenvalue weighted by molar-refractivity contribution is 7.89. The molecule has 182 valence electrons. The average Bonchev–Trinajstić information content (AvgIpc) is 2.82. The summed E-state index contributed by atoms with van der Waals surface area (Å²) < 4.78 is 28.3. The molecule has 0 aliphatic carbocycles. The second-order valence-corrected chi connectivity index (χ2v) is 10.7. The van der Waals surface area contributed by atoms with E-state index in [-0.39, 0.29) is 34.8 Å². The van der Waals surface area contributed by atoms with Crippen LogP contribution in [0.5, 0.6) is 0 Å². The number of carbonyl (C=O) groups is 2. The van der Waals surface area contributed by atoms with E-state index in [9.17, 15) is 18.0 Å². The number of hydrogen-bond donors (Lipinski definition) is 1. The van der Waals surface area contributed by atoms with Crippen LogP contribution >= 0.6 is 0 Å². The molecule has 0 aromatic heterocycles. The SMILES string of the molecule is C=CC(=O)NC1CC(C)N(S(=O)(=O)c2ccc(C(=O)N(C)CCc3ccccc3)cc2)C(C)C1. The minimum atomic E-state index is -3.75. The Bertz CT molecular complexity index is 1100. The lowest BCUT2D eigenvalue weighted by Gasteiger charge is -2.41. The average molecular weight is 484 g/mol. The molecule has 1 heterocycles. The Kier molecular flexibility index (Phi) is 8.28. The van der Waals surface area contributed by atoms with Crippen LogP contribution in [0, 0.1) is 0 Å². The third-order valence-corrected chi connectivity index (χ3v) is 8.40. The lowest BCUT2D eigenvalue weighted by molar-refractivity contribution is -0.117. The maximum absolute atomic E-state index is 13.4. The zero-order chi connectivity index (χ0) is 24.9. The number of sulfonamides is 1. The highest BCUT2D eigenvalue weighted by atomic mass is 32.2. The normalized spacial score (nSPS) is 21.0. The van der Waals surface area contributed by atoms with Crippen molar-refractivity contribution in [3.8, 4) is 0 Å². The van der Waals surface area contributed by atoms with Gasteiger partial charge in [0.05, 0.1) is 4.90 Å². The highest BCUT2D eigenvalue weighted by Gasteiger charge is 2.39. The predicted octanol–water partition coefficient (Wildman–Crippen LogP) is 3.23. The van der Waals surface area contributed by atoms with Gasteiger partial charge in [-0.3, -0.25) is 9.59 Å². The molecule has 2 unspecified atom stereocenters. The summed E-state index contributed by atoms with van der Waals surface area (Å²) in [5, 5.41) is 2.87. The number of benzene rings is 2. The lowest BCUT2D eigenvalue weighted by Crippen LogP contribution is -2.54. The fourth-order valence-corrected chi connectivity index (χ4v) is 6.41. The van der Waals surface area contributed by atoms with Crippen LogP contribution in [-0.4, -0.2) is 61.2 Å². The van der Waals surface area contributed by atoms with Crippen LogP contribution < -0.4 is 5.32 Å².